The molecule has 0 radical (unpaired) electrons. The van der Waals surface area contributed by atoms with E-state index in [4.69, 9.17) is 15.0 Å². The van der Waals surface area contributed by atoms with Crippen LogP contribution < -0.4 is 9.80 Å². The molecule has 8 aromatic carbocycles. The van der Waals surface area contributed by atoms with Gasteiger partial charge in [-0.2, -0.15) is 20.5 Å². The molecular formula is C60H39N7. The lowest BCUT2D eigenvalue weighted by molar-refractivity contribution is 0.488. The summed E-state index contributed by atoms with van der Waals surface area (Å²) in [7, 11) is 0. The van der Waals surface area contributed by atoms with Crippen LogP contribution in [0.5, 0.6) is 0 Å². The van der Waals surface area contributed by atoms with Gasteiger partial charge in [0.05, 0.1) is 40.4 Å². The van der Waals surface area contributed by atoms with Crippen LogP contribution in [0.4, 0.5) is 28.7 Å². The van der Waals surface area contributed by atoms with E-state index < -0.39 is 5.41 Å². The Labute approximate surface area is 388 Å². The second-order valence-corrected chi connectivity index (χ2v) is 17.7. The molecule has 1 aromatic heterocycles. The summed E-state index contributed by atoms with van der Waals surface area (Å²) in [6.45, 7) is 0. The molecule has 0 N–H and O–H groups in total. The summed E-state index contributed by atoms with van der Waals surface area (Å²) in [6.07, 6.45) is 8.42. The highest BCUT2D eigenvalue weighted by Crippen LogP contribution is 2.72. The minimum Gasteiger partial charge on any atom is -0.310 e. The largest absolute Gasteiger partial charge is 0.310 e. The Morgan fingerprint density at radius 1 is 0.537 bits per heavy atom. The van der Waals surface area contributed by atoms with Crippen LogP contribution in [0.15, 0.2) is 200 Å². The van der Waals surface area contributed by atoms with Crippen molar-refractivity contribution < 1.29 is 0 Å². The van der Waals surface area contributed by atoms with E-state index in [1.165, 1.54) is 0 Å². The van der Waals surface area contributed by atoms with Gasteiger partial charge >= 0.3 is 0 Å². The summed E-state index contributed by atoms with van der Waals surface area (Å²) >= 11 is 0. The van der Waals surface area contributed by atoms with Gasteiger partial charge in [-0.1, -0.05) is 133 Å². The highest BCUT2D eigenvalue weighted by Gasteiger charge is 2.63. The molecule has 0 fully saturated rings. The quantitative estimate of drug-likeness (QED) is 0.164. The topological polar surface area (TPSA) is 92.7 Å². The smallest absolute Gasteiger partial charge is 0.234 e. The minimum atomic E-state index is -0.777. The molecule has 1 aliphatic heterocycles. The number of nitriles is 2. The van der Waals surface area contributed by atoms with Gasteiger partial charge in [-0.15, -0.1) is 0 Å². The van der Waals surface area contributed by atoms with Gasteiger partial charge in [-0.05, 0) is 129 Å². The number of para-hydroxylation sites is 2. The van der Waals surface area contributed by atoms with Crippen LogP contribution in [-0.2, 0) is 5.41 Å². The maximum Gasteiger partial charge on any atom is 0.234 e. The average Bonchev–Trinajstić information content (AvgIpc) is 4.00. The number of fused-ring (bicyclic) bond motifs is 13. The number of allylic oxidation sites excluding steroid dienone is 4. The van der Waals surface area contributed by atoms with Gasteiger partial charge in [0.15, 0.2) is 11.6 Å². The fourth-order valence-corrected chi connectivity index (χ4v) is 11.5. The van der Waals surface area contributed by atoms with Crippen molar-refractivity contribution >= 4 is 45.0 Å². The zero-order valence-corrected chi connectivity index (χ0v) is 36.3. The standard InChI is InChI=1S/C60H39N7/c61-36-38-24-29-47-48-30-25-39(37-62)33-53(48)60(52(47)32-38)51-23-13-12-22-49(51)56-55(60)50-31-28-46(66(44-18-6-2-7-19-44)45-20-8-3-9-21-45)35-54(50)67(56)59-64-57(41-15-4-1-5-16-41)63-58(65-59)43-27-26-40-14-10-11-17-42(40)34-43/h2-4,6-35,55-56H,1,5H2. The molecule has 67 heavy (non-hydrogen) atoms. The molecule has 2 unspecified atom stereocenters. The van der Waals surface area contributed by atoms with E-state index in [2.05, 4.69) is 198 Å². The third kappa shape index (κ3) is 5.78. The third-order valence-corrected chi connectivity index (χ3v) is 14.2. The zero-order valence-electron chi connectivity index (χ0n) is 36.3. The summed E-state index contributed by atoms with van der Waals surface area (Å²) in [5.74, 6) is 1.54. The van der Waals surface area contributed by atoms with Crippen molar-refractivity contribution in [3.05, 3.63) is 245 Å². The van der Waals surface area contributed by atoms with Crippen molar-refractivity contribution in [1.82, 2.24) is 15.0 Å². The number of rotatable bonds is 6. The second-order valence-electron chi connectivity index (χ2n) is 17.7. The van der Waals surface area contributed by atoms with Crippen LogP contribution >= 0.6 is 0 Å². The van der Waals surface area contributed by atoms with Crippen LogP contribution in [0.25, 0.3) is 38.9 Å². The molecule has 1 spiro atoms. The van der Waals surface area contributed by atoms with Gasteiger partial charge < -0.3 is 9.80 Å². The van der Waals surface area contributed by atoms with E-state index in [1.807, 2.05) is 24.3 Å². The SMILES string of the molecule is N#Cc1ccc2c(c1)C1(c3cc(C#N)ccc3-2)c2ccccc2C2C1c1ccc(N(c3ccccc3)c3ccccc3)cc1N2c1nc(C2=CCCC=C2)nc(-c2ccc3ccccc3c2)n1. The number of hydrogen-bond acceptors (Lipinski definition) is 7. The predicted molar refractivity (Wildman–Crippen MR) is 265 cm³/mol. The van der Waals surface area contributed by atoms with E-state index in [-0.39, 0.29) is 12.0 Å². The number of benzene rings is 8. The summed E-state index contributed by atoms with van der Waals surface area (Å²) in [5, 5.41) is 23.2. The lowest BCUT2D eigenvalue weighted by Crippen LogP contribution is -2.32. The fraction of sp³-hybridized carbons (Fsp3) is 0.0833. The molecule has 9 aromatic rings. The molecule has 3 aliphatic carbocycles. The fourth-order valence-electron chi connectivity index (χ4n) is 11.5. The van der Waals surface area contributed by atoms with E-state index in [0.717, 1.165) is 96.4 Å². The van der Waals surface area contributed by atoms with E-state index in [9.17, 15) is 10.5 Å². The zero-order chi connectivity index (χ0) is 44.6. The summed E-state index contributed by atoms with van der Waals surface area (Å²) in [5.41, 5.74) is 14.0. The monoisotopic (exact) mass is 857 g/mol. The van der Waals surface area contributed by atoms with Crippen LogP contribution in [0.2, 0.25) is 0 Å². The molecule has 0 amide bonds. The highest BCUT2D eigenvalue weighted by atomic mass is 15.3. The van der Waals surface area contributed by atoms with Crippen molar-refractivity contribution in [1.29, 1.82) is 10.5 Å². The Kier molecular flexibility index (Phi) is 8.68. The van der Waals surface area contributed by atoms with Gasteiger partial charge in [0.2, 0.25) is 5.95 Å². The lowest BCUT2D eigenvalue weighted by Gasteiger charge is -2.35. The summed E-state index contributed by atoms with van der Waals surface area (Å²) < 4.78 is 0. The maximum absolute atomic E-state index is 10.5. The summed E-state index contributed by atoms with van der Waals surface area (Å²) in [6, 6.07) is 68.2. The van der Waals surface area contributed by atoms with Gasteiger partial charge in [-0.25, -0.2) is 4.98 Å². The summed E-state index contributed by atoms with van der Waals surface area (Å²) in [4.78, 5) is 20.9. The normalized spacial score (nSPS) is 16.6. The number of hydrogen-bond donors (Lipinski definition) is 0. The Morgan fingerprint density at radius 3 is 1.88 bits per heavy atom. The maximum atomic E-state index is 10.5. The first kappa shape index (κ1) is 38.5. The molecule has 0 saturated heterocycles. The lowest BCUT2D eigenvalue weighted by atomic mass is 9.65. The first-order valence-electron chi connectivity index (χ1n) is 22.8. The Balaban J connectivity index is 1.12. The van der Waals surface area contributed by atoms with Gasteiger partial charge in [0, 0.05) is 34.1 Å². The van der Waals surface area contributed by atoms with E-state index in [0.29, 0.717) is 28.7 Å². The number of anilines is 5. The molecule has 0 bridgehead atoms. The van der Waals surface area contributed by atoms with Crippen LogP contribution in [0.3, 0.4) is 0 Å². The van der Waals surface area contributed by atoms with E-state index >= 15 is 0 Å². The molecule has 2 heterocycles. The third-order valence-electron chi connectivity index (χ3n) is 14.2. The first-order chi connectivity index (χ1) is 33.1. The van der Waals surface area contributed by atoms with Crippen LogP contribution in [0, 0.1) is 22.7 Å². The molecule has 13 rings (SSSR count). The molecule has 314 valence electrons. The average molecular weight is 858 g/mol. The van der Waals surface area contributed by atoms with Gasteiger partial charge in [0.25, 0.3) is 0 Å². The number of nitrogens with zero attached hydrogens (tertiary/aromatic N) is 7. The van der Waals surface area contributed by atoms with Crippen molar-refractivity contribution in [2.45, 2.75) is 30.2 Å². The first-order valence-corrected chi connectivity index (χ1v) is 22.8. The minimum absolute atomic E-state index is 0.225. The van der Waals surface area contributed by atoms with Crippen molar-refractivity contribution in [2.24, 2.45) is 0 Å². The Bertz CT molecular complexity index is 3550. The molecule has 2 atom stereocenters. The number of aromatic nitrogens is 3. The second kappa shape index (κ2) is 15.1. The molecule has 0 saturated carbocycles. The van der Waals surface area contributed by atoms with Gasteiger partial charge in [0.1, 0.15) is 0 Å². The molecule has 7 heteroatoms. The van der Waals surface area contributed by atoms with Crippen LogP contribution in [-0.4, -0.2) is 15.0 Å². The molecular weight excluding hydrogens is 819 g/mol. The van der Waals surface area contributed by atoms with Crippen molar-refractivity contribution in [3.8, 4) is 34.7 Å². The predicted octanol–water partition coefficient (Wildman–Crippen LogP) is 13.9. The van der Waals surface area contributed by atoms with Gasteiger partial charge in [-0.3, -0.25) is 0 Å². The van der Waals surface area contributed by atoms with Crippen molar-refractivity contribution in [2.75, 3.05) is 9.80 Å². The molecule has 4 aliphatic rings. The molecule has 7 nitrogen and oxygen atoms in total. The van der Waals surface area contributed by atoms with Crippen LogP contribution in [0.1, 0.15) is 69.6 Å². The Morgan fingerprint density at radius 2 is 1.19 bits per heavy atom. The Hall–Kier alpha value is -8.91. The van der Waals surface area contributed by atoms with Crippen molar-refractivity contribution in [3.63, 3.8) is 0 Å². The van der Waals surface area contributed by atoms with E-state index in [1.54, 1.807) is 0 Å². The highest BCUT2D eigenvalue weighted by molar-refractivity contribution is 5.92.